The Morgan fingerprint density at radius 2 is 2.06 bits per heavy atom. The number of halogens is 1. The molecule has 0 amide bonds. The van der Waals surface area contributed by atoms with Crippen LogP contribution in [0.25, 0.3) is 0 Å². The molecule has 100 valence electrons. The fourth-order valence-corrected chi connectivity index (χ4v) is 2.57. The number of hydrogen-bond acceptors (Lipinski definition) is 3. The maximum absolute atomic E-state index is 13.6. The number of aryl methyl sites for hydroxylation is 1. The summed E-state index contributed by atoms with van der Waals surface area (Å²) in [6, 6.07) is 3.79. The first-order valence-corrected chi connectivity index (χ1v) is 6.63. The second-order valence-electron chi connectivity index (χ2n) is 3.90. The Morgan fingerprint density at radius 3 is 2.56 bits per heavy atom. The predicted octanol–water partition coefficient (Wildman–Crippen LogP) is 1.23. The van der Waals surface area contributed by atoms with Crippen molar-refractivity contribution in [2.75, 3.05) is 13.6 Å². The molecule has 1 N–H and O–H groups in total. The van der Waals surface area contributed by atoms with Crippen LogP contribution in [-0.2, 0) is 14.8 Å². The number of carbonyl (C=O) groups is 1. The van der Waals surface area contributed by atoms with Crippen LogP contribution in [0.3, 0.4) is 0 Å². The molecule has 0 aliphatic heterocycles. The highest BCUT2D eigenvalue weighted by Crippen LogP contribution is 2.19. The van der Waals surface area contributed by atoms with Crippen LogP contribution in [0.1, 0.15) is 12.0 Å². The van der Waals surface area contributed by atoms with Gasteiger partial charge < -0.3 is 5.11 Å². The van der Waals surface area contributed by atoms with Crippen LogP contribution in [0, 0.1) is 12.7 Å². The molecule has 0 unspecified atom stereocenters. The second kappa shape index (κ2) is 5.45. The molecule has 1 aromatic rings. The molecule has 1 rings (SSSR count). The number of carboxylic acids is 1. The maximum Gasteiger partial charge on any atom is 0.304 e. The van der Waals surface area contributed by atoms with E-state index in [1.807, 2.05) is 0 Å². The molecule has 0 radical (unpaired) electrons. The summed E-state index contributed by atoms with van der Waals surface area (Å²) >= 11 is 0. The van der Waals surface area contributed by atoms with E-state index in [2.05, 4.69) is 0 Å². The lowest BCUT2D eigenvalue weighted by Crippen LogP contribution is -2.29. The van der Waals surface area contributed by atoms with Gasteiger partial charge in [-0.25, -0.2) is 17.1 Å². The van der Waals surface area contributed by atoms with E-state index in [-0.39, 0.29) is 13.0 Å². The molecule has 0 aromatic heterocycles. The smallest absolute Gasteiger partial charge is 0.304 e. The van der Waals surface area contributed by atoms with Crippen molar-refractivity contribution in [1.82, 2.24) is 4.31 Å². The summed E-state index contributed by atoms with van der Waals surface area (Å²) < 4.78 is 38.4. The van der Waals surface area contributed by atoms with Gasteiger partial charge in [0.05, 0.1) is 6.42 Å². The summed E-state index contributed by atoms with van der Waals surface area (Å²) in [5.74, 6) is -1.95. The molecule has 0 fully saturated rings. The molecule has 0 bridgehead atoms. The van der Waals surface area contributed by atoms with Gasteiger partial charge in [-0.05, 0) is 24.6 Å². The van der Waals surface area contributed by atoms with Crippen LogP contribution in [0.4, 0.5) is 4.39 Å². The average molecular weight is 275 g/mol. The van der Waals surface area contributed by atoms with E-state index in [1.54, 1.807) is 6.92 Å². The Balaban J connectivity index is 3.02. The number of carboxylic acid groups (broad SMARTS) is 1. The molecule has 18 heavy (non-hydrogen) atoms. The molecule has 0 heterocycles. The highest BCUT2D eigenvalue weighted by molar-refractivity contribution is 7.89. The Morgan fingerprint density at radius 1 is 1.44 bits per heavy atom. The van der Waals surface area contributed by atoms with Crippen molar-refractivity contribution in [3.8, 4) is 0 Å². The normalized spacial score (nSPS) is 11.8. The highest BCUT2D eigenvalue weighted by Gasteiger charge is 2.24. The molecular weight excluding hydrogens is 261 g/mol. The van der Waals surface area contributed by atoms with Gasteiger partial charge in [-0.3, -0.25) is 4.79 Å². The summed E-state index contributed by atoms with van der Waals surface area (Å²) in [5, 5.41) is 8.49. The van der Waals surface area contributed by atoms with Crippen molar-refractivity contribution >= 4 is 16.0 Å². The van der Waals surface area contributed by atoms with Gasteiger partial charge in [0.25, 0.3) is 0 Å². The molecule has 0 saturated heterocycles. The lowest BCUT2D eigenvalue weighted by atomic mass is 10.2. The van der Waals surface area contributed by atoms with Crippen LogP contribution in [0.15, 0.2) is 23.1 Å². The summed E-state index contributed by atoms with van der Waals surface area (Å²) in [5.41, 5.74) is 0.611. The molecule has 0 aliphatic rings. The van der Waals surface area contributed by atoms with Gasteiger partial charge in [0.15, 0.2) is 0 Å². The Hall–Kier alpha value is -1.47. The predicted molar refractivity (Wildman–Crippen MR) is 63.2 cm³/mol. The van der Waals surface area contributed by atoms with Gasteiger partial charge in [0.2, 0.25) is 10.0 Å². The summed E-state index contributed by atoms with van der Waals surface area (Å²) in [4.78, 5) is 9.94. The van der Waals surface area contributed by atoms with Crippen molar-refractivity contribution < 1.29 is 22.7 Å². The van der Waals surface area contributed by atoms with Crippen molar-refractivity contribution in [3.63, 3.8) is 0 Å². The number of nitrogens with zero attached hydrogens (tertiary/aromatic N) is 1. The third-order valence-electron chi connectivity index (χ3n) is 2.42. The van der Waals surface area contributed by atoms with E-state index in [4.69, 9.17) is 5.11 Å². The standard InChI is InChI=1S/C11H14FNO4S/c1-8-3-4-10(9(12)7-8)18(16,17)13(2)6-5-11(14)15/h3-4,7H,5-6H2,1-2H3,(H,14,15). The van der Waals surface area contributed by atoms with Gasteiger partial charge in [-0.15, -0.1) is 0 Å². The fourth-order valence-electron chi connectivity index (χ4n) is 1.36. The van der Waals surface area contributed by atoms with Crippen LogP contribution in [0.2, 0.25) is 0 Å². The molecule has 1 aromatic carbocycles. The zero-order valence-corrected chi connectivity index (χ0v) is 10.9. The molecule has 0 spiro atoms. The largest absolute Gasteiger partial charge is 0.481 e. The van der Waals surface area contributed by atoms with E-state index in [9.17, 15) is 17.6 Å². The van der Waals surface area contributed by atoms with Crippen LogP contribution < -0.4 is 0 Å². The first kappa shape index (κ1) is 14.6. The zero-order chi connectivity index (χ0) is 13.9. The van der Waals surface area contributed by atoms with E-state index in [1.165, 1.54) is 19.2 Å². The molecule has 0 atom stereocenters. The van der Waals surface area contributed by atoms with Crippen LogP contribution in [-0.4, -0.2) is 37.4 Å². The molecular formula is C11H14FNO4S. The molecule has 0 aliphatic carbocycles. The van der Waals surface area contributed by atoms with Crippen LogP contribution >= 0.6 is 0 Å². The van der Waals surface area contributed by atoms with Crippen molar-refractivity contribution in [2.45, 2.75) is 18.2 Å². The zero-order valence-electron chi connectivity index (χ0n) is 10.1. The van der Waals surface area contributed by atoms with Crippen molar-refractivity contribution in [1.29, 1.82) is 0 Å². The van der Waals surface area contributed by atoms with Crippen molar-refractivity contribution in [2.24, 2.45) is 0 Å². The SMILES string of the molecule is Cc1ccc(S(=O)(=O)N(C)CCC(=O)O)c(F)c1. The first-order valence-electron chi connectivity index (χ1n) is 5.19. The highest BCUT2D eigenvalue weighted by atomic mass is 32.2. The number of benzene rings is 1. The van der Waals surface area contributed by atoms with Crippen LogP contribution in [0.5, 0.6) is 0 Å². The lowest BCUT2D eigenvalue weighted by Gasteiger charge is -2.16. The van der Waals surface area contributed by atoms with Crippen molar-refractivity contribution in [3.05, 3.63) is 29.6 Å². The maximum atomic E-state index is 13.6. The van der Waals surface area contributed by atoms with E-state index < -0.39 is 26.7 Å². The summed E-state index contributed by atoms with van der Waals surface area (Å²) in [6.45, 7) is 1.44. The molecule has 0 saturated carbocycles. The van der Waals surface area contributed by atoms with E-state index in [0.717, 1.165) is 10.4 Å². The van der Waals surface area contributed by atoms with Gasteiger partial charge in [-0.1, -0.05) is 6.07 Å². The monoisotopic (exact) mass is 275 g/mol. The fraction of sp³-hybridized carbons (Fsp3) is 0.364. The molecule has 5 nitrogen and oxygen atoms in total. The quantitative estimate of drug-likeness (QED) is 0.877. The van der Waals surface area contributed by atoms with Gasteiger partial charge >= 0.3 is 5.97 Å². The Bertz CT molecular complexity index is 556. The van der Waals surface area contributed by atoms with Gasteiger partial charge in [0.1, 0.15) is 10.7 Å². The minimum Gasteiger partial charge on any atom is -0.481 e. The minimum atomic E-state index is -3.99. The van der Waals surface area contributed by atoms with Gasteiger partial charge in [0, 0.05) is 13.6 Å². The topological polar surface area (TPSA) is 74.7 Å². The number of aliphatic carboxylic acids is 1. The van der Waals surface area contributed by atoms with E-state index >= 15 is 0 Å². The number of hydrogen-bond donors (Lipinski definition) is 1. The second-order valence-corrected chi connectivity index (χ2v) is 5.92. The summed E-state index contributed by atoms with van der Waals surface area (Å²) in [6.07, 6.45) is -0.330. The number of sulfonamides is 1. The first-order chi connectivity index (χ1) is 8.25. The number of rotatable bonds is 5. The minimum absolute atomic E-state index is 0.203. The third-order valence-corrected chi connectivity index (χ3v) is 4.31. The average Bonchev–Trinajstić information content (AvgIpc) is 2.24. The molecule has 7 heteroatoms. The third kappa shape index (κ3) is 3.27. The Kier molecular flexibility index (Phi) is 4.42. The Labute approximate surface area is 105 Å². The summed E-state index contributed by atoms with van der Waals surface area (Å²) in [7, 11) is -2.77. The van der Waals surface area contributed by atoms with Gasteiger partial charge in [-0.2, -0.15) is 0 Å². The lowest BCUT2D eigenvalue weighted by molar-refractivity contribution is -0.137. The van der Waals surface area contributed by atoms with E-state index in [0.29, 0.717) is 5.56 Å².